The topological polar surface area (TPSA) is 38.9 Å². The molecule has 13 heavy (non-hydrogen) atoms. The first-order valence-electron chi connectivity index (χ1n) is 3.69. The predicted molar refractivity (Wildman–Crippen MR) is 58.3 cm³/mol. The molecule has 0 bridgehead atoms. The highest BCUT2D eigenvalue weighted by molar-refractivity contribution is 7.17. The summed E-state index contributed by atoms with van der Waals surface area (Å²) in [5, 5.41) is 2.91. The zero-order chi connectivity index (χ0) is 9.26. The SMILES string of the molecule is NCc1ncc(-c2ccsc2Cl)s1. The van der Waals surface area contributed by atoms with Crippen LogP contribution in [0.15, 0.2) is 17.6 Å². The van der Waals surface area contributed by atoms with Crippen LogP contribution in [0.4, 0.5) is 0 Å². The minimum absolute atomic E-state index is 0.492. The van der Waals surface area contributed by atoms with Crippen LogP contribution < -0.4 is 5.73 Å². The van der Waals surface area contributed by atoms with Crippen molar-refractivity contribution in [2.75, 3.05) is 0 Å². The van der Waals surface area contributed by atoms with Crippen LogP contribution in [0.3, 0.4) is 0 Å². The molecule has 2 aromatic heterocycles. The lowest BCUT2D eigenvalue weighted by Crippen LogP contribution is -1.93. The van der Waals surface area contributed by atoms with E-state index in [0.29, 0.717) is 6.54 Å². The number of halogens is 1. The maximum atomic E-state index is 5.99. The highest BCUT2D eigenvalue weighted by atomic mass is 35.5. The average Bonchev–Trinajstić information content (AvgIpc) is 2.71. The molecular weight excluding hydrogens is 224 g/mol. The van der Waals surface area contributed by atoms with Crippen LogP contribution in [0.25, 0.3) is 10.4 Å². The molecule has 2 heterocycles. The van der Waals surface area contributed by atoms with Gasteiger partial charge in [-0.05, 0) is 11.4 Å². The standard InChI is InChI=1S/C8H7ClN2S2/c9-8-5(1-2-12-8)6-4-11-7(3-10)13-6/h1-2,4H,3,10H2. The molecule has 0 fully saturated rings. The van der Waals surface area contributed by atoms with Crippen molar-refractivity contribution in [2.24, 2.45) is 5.73 Å². The lowest BCUT2D eigenvalue weighted by molar-refractivity contribution is 1.04. The Bertz CT molecular complexity index is 408. The second kappa shape index (κ2) is 3.75. The number of thiophene rings is 1. The molecule has 0 amide bonds. The maximum Gasteiger partial charge on any atom is 0.107 e. The summed E-state index contributed by atoms with van der Waals surface area (Å²) in [5.74, 6) is 0. The molecule has 0 unspecified atom stereocenters. The van der Waals surface area contributed by atoms with Crippen LogP contribution in [0.1, 0.15) is 5.01 Å². The second-order valence-corrected chi connectivity index (χ2v) is 5.06. The fourth-order valence-electron chi connectivity index (χ4n) is 0.999. The quantitative estimate of drug-likeness (QED) is 0.862. The number of nitrogens with two attached hydrogens (primary N) is 1. The van der Waals surface area contributed by atoms with Gasteiger partial charge in [0.1, 0.15) is 9.34 Å². The molecule has 5 heteroatoms. The first-order valence-corrected chi connectivity index (χ1v) is 5.77. The summed E-state index contributed by atoms with van der Waals surface area (Å²) < 4.78 is 0.812. The molecule has 0 aliphatic rings. The average molecular weight is 231 g/mol. The Morgan fingerprint density at radius 2 is 2.38 bits per heavy atom. The number of hydrogen-bond donors (Lipinski definition) is 1. The van der Waals surface area contributed by atoms with E-state index >= 15 is 0 Å². The Kier molecular flexibility index (Phi) is 2.64. The Hall–Kier alpha value is -0.420. The molecule has 0 atom stereocenters. The molecule has 0 aromatic carbocycles. The molecular formula is C8H7ClN2S2. The van der Waals surface area contributed by atoms with Crippen molar-refractivity contribution in [3.63, 3.8) is 0 Å². The molecule has 2 rings (SSSR count). The molecule has 68 valence electrons. The van der Waals surface area contributed by atoms with E-state index < -0.39 is 0 Å². The largest absolute Gasteiger partial charge is 0.325 e. The Morgan fingerprint density at radius 1 is 1.54 bits per heavy atom. The minimum Gasteiger partial charge on any atom is -0.325 e. The Balaban J connectivity index is 2.41. The van der Waals surface area contributed by atoms with Crippen LogP contribution in [-0.4, -0.2) is 4.98 Å². The van der Waals surface area contributed by atoms with Gasteiger partial charge in [0.25, 0.3) is 0 Å². The van der Waals surface area contributed by atoms with E-state index in [0.717, 1.165) is 19.8 Å². The zero-order valence-corrected chi connectivity index (χ0v) is 9.05. The lowest BCUT2D eigenvalue weighted by atomic mass is 10.3. The van der Waals surface area contributed by atoms with E-state index in [1.54, 1.807) is 11.3 Å². The smallest absolute Gasteiger partial charge is 0.107 e. The molecule has 0 spiro atoms. The van der Waals surface area contributed by atoms with Crippen LogP contribution in [0, 0.1) is 0 Å². The number of rotatable bonds is 2. The summed E-state index contributed by atoms with van der Waals surface area (Å²) in [7, 11) is 0. The number of nitrogens with zero attached hydrogens (tertiary/aromatic N) is 1. The fourth-order valence-corrected chi connectivity index (χ4v) is 2.90. The van der Waals surface area contributed by atoms with Gasteiger partial charge in [0.05, 0.1) is 4.88 Å². The summed E-state index contributed by atoms with van der Waals surface area (Å²) >= 11 is 9.11. The molecule has 0 saturated carbocycles. The van der Waals surface area contributed by atoms with Crippen LogP contribution in [0.5, 0.6) is 0 Å². The number of thiazole rings is 1. The third kappa shape index (κ3) is 1.76. The summed E-state index contributed by atoms with van der Waals surface area (Å²) in [4.78, 5) is 5.26. The van der Waals surface area contributed by atoms with Gasteiger partial charge in [-0.3, -0.25) is 0 Å². The molecule has 2 aromatic rings. The fraction of sp³-hybridized carbons (Fsp3) is 0.125. The van der Waals surface area contributed by atoms with Crippen molar-refractivity contribution in [3.05, 3.63) is 27.0 Å². The predicted octanol–water partition coefficient (Wildman–Crippen LogP) is 2.98. The summed E-state index contributed by atoms with van der Waals surface area (Å²) in [6.07, 6.45) is 1.82. The molecule has 2 N–H and O–H groups in total. The van der Waals surface area contributed by atoms with Crippen molar-refractivity contribution in [1.82, 2.24) is 4.98 Å². The normalized spacial score (nSPS) is 10.6. The van der Waals surface area contributed by atoms with Crippen molar-refractivity contribution in [2.45, 2.75) is 6.54 Å². The van der Waals surface area contributed by atoms with Gasteiger partial charge in [0.15, 0.2) is 0 Å². The summed E-state index contributed by atoms with van der Waals surface area (Å²) in [5.41, 5.74) is 6.53. The third-order valence-corrected chi connectivity index (χ3v) is 3.83. The van der Waals surface area contributed by atoms with E-state index in [1.165, 1.54) is 11.3 Å². The van der Waals surface area contributed by atoms with Gasteiger partial charge in [0.2, 0.25) is 0 Å². The van der Waals surface area contributed by atoms with Crippen LogP contribution in [-0.2, 0) is 6.54 Å². The highest BCUT2D eigenvalue weighted by Crippen LogP contribution is 2.35. The van der Waals surface area contributed by atoms with Gasteiger partial charge in [-0.1, -0.05) is 11.6 Å². The van der Waals surface area contributed by atoms with E-state index in [1.807, 2.05) is 17.6 Å². The van der Waals surface area contributed by atoms with Gasteiger partial charge >= 0.3 is 0 Å². The highest BCUT2D eigenvalue weighted by Gasteiger charge is 2.07. The number of hydrogen-bond acceptors (Lipinski definition) is 4. The van der Waals surface area contributed by atoms with Crippen LogP contribution >= 0.6 is 34.3 Å². The second-order valence-electron chi connectivity index (χ2n) is 2.43. The van der Waals surface area contributed by atoms with Crippen molar-refractivity contribution >= 4 is 34.3 Å². The molecule has 0 aliphatic carbocycles. The van der Waals surface area contributed by atoms with Gasteiger partial charge < -0.3 is 5.73 Å². The van der Waals surface area contributed by atoms with Gasteiger partial charge in [0, 0.05) is 18.3 Å². The van der Waals surface area contributed by atoms with E-state index in [-0.39, 0.29) is 0 Å². The Morgan fingerprint density at radius 3 is 2.92 bits per heavy atom. The van der Waals surface area contributed by atoms with E-state index in [9.17, 15) is 0 Å². The molecule has 0 radical (unpaired) electrons. The number of aromatic nitrogens is 1. The minimum atomic E-state index is 0.492. The van der Waals surface area contributed by atoms with Gasteiger partial charge in [-0.25, -0.2) is 4.98 Å². The lowest BCUT2D eigenvalue weighted by Gasteiger charge is -1.90. The first kappa shape index (κ1) is 9.15. The van der Waals surface area contributed by atoms with E-state index in [4.69, 9.17) is 17.3 Å². The summed E-state index contributed by atoms with van der Waals surface area (Å²) in [6, 6.07) is 2.00. The monoisotopic (exact) mass is 230 g/mol. The van der Waals surface area contributed by atoms with Crippen molar-refractivity contribution in [3.8, 4) is 10.4 Å². The van der Waals surface area contributed by atoms with Crippen molar-refractivity contribution in [1.29, 1.82) is 0 Å². The summed E-state index contributed by atoms with van der Waals surface area (Å²) in [6.45, 7) is 0.492. The third-order valence-electron chi connectivity index (χ3n) is 1.61. The van der Waals surface area contributed by atoms with Gasteiger partial charge in [-0.2, -0.15) is 0 Å². The first-order chi connectivity index (χ1) is 6.31. The van der Waals surface area contributed by atoms with E-state index in [2.05, 4.69) is 4.98 Å². The molecule has 0 saturated heterocycles. The maximum absolute atomic E-state index is 5.99. The van der Waals surface area contributed by atoms with Crippen LogP contribution in [0.2, 0.25) is 4.34 Å². The van der Waals surface area contributed by atoms with Gasteiger partial charge in [-0.15, -0.1) is 22.7 Å². The zero-order valence-electron chi connectivity index (χ0n) is 6.66. The molecule has 2 nitrogen and oxygen atoms in total. The Labute approximate surface area is 89.0 Å². The van der Waals surface area contributed by atoms with Crippen molar-refractivity contribution < 1.29 is 0 Å². The molecule has 0 aliphatic heterocycles.